The average Bonchev–Trinajstić information content (AvgIpc) is 2.77. The fourth-order valence-corrected chi connectivity index (χ4v) is 3.19. The topological polar surface area (TPSA) is 144 Å². The maximum atomic E-state index is 13.3. The highest BCUT2D eigenvalue weighted by Gasteiger charge is 2.55. The molecule has 0 aromatic carbocycles. The first-order chi connectivity index (χ1) is 18.6. The molecule has 1 fully saturated rings. The van der Waals surface area contributed by atoms with Gasteiger partial charge >= 0.3 is 23.9 Å². The van der Waals surface area contributed by atoms with E-state index in [2.05, 4.69) is 5.32 Å². The highest BCUT2D eigenvalue weighted by molar-refractivity contribution is 5.82. The first-order valence-corrected chi connectivity index (χ1v) is 14.3. The standard InChI is InChI=1S/C31H53NO10/c1-27(2,3)22(33)32-21-20(42-26(37)31(13,14)15)19(41-25(36)30(10,11)12)18(40-24(35)29(7,8)9)17(39-21)16-38-23(34)28(4,5)6/h17-21H,16H2,1-15H3,(H,32,33)/t17-,18+,19+,20-,21-/m0/s1. The zero-order valence-electron chi connectivity index (χ0n) is 28.2. The number of esters is 4. The first-order valence-electron chi connectivity index (χ1n) is 14.3. The number of nitrogens with one attached hydrogen (secondary N) is 1. The van der Waals surface area contributed by atoms with Gasteiger partial charge in [0.25, 0.3) is 0 Å². The Labute approximate surface area is 251 Å². The van der Waals surface area contributed by atoms with Gasteiger partial charge in [-0.2, -0.15) is 0 Å². The second-order valence-corrected chi connectivity index (χ2v) is 16.0. The van der Waals surface area contributed by atoms with Gasteiger partial charge in [0.15, 0.2) is 24.5 Å². The predicted molar refractivity (Wildman–Crippen MR) is 155 cm³/mol. The zero-order chi connectivity index (χ0) is 33.2. The number of ether oxygens (including phenoxy) is 5. The third kappa shape index (κ3) is 10.5. The Bertz CT molecular complexity index is 1010. The lowest BCUT2D eigenvalue weighted by Crippen LogP contribution is -2.67. The van der Waals surface area contributed by atoms with Crippen LogP contribution in [0, 0.1) is 27.1 Å². The summed E-state index contributed by atoms with van der Waals surface area (Å²) in [7, 11) is 0. The lowest BCUT2D eigenvalue weighted by Gasteiger charge is -2.46. The summed E-state index contributed by atoms with van der Waals surface area (Å²) in [4.78, 5) is 65.4. The average molecular weight is 600 g/mol. The molecule has 0 bridgehead atoms. The molecule has 1 saturated heterocycles. The Morgan fingerprint density at radius 3 is 1.24 bits per heavy atom. The van der Waals surface area contributed by atoms with Gasteiger partial charge in [-0.3, -0.25) is 24.0 Å². The number of hydrogen-bond donors (Lipinski definition) is 1. The number of hydrogen-bond acceptors (Lipinski definition) is 10. The van der Waals surface area contributed by atoms with Crippen molar-refractivity contribution in [3.8, 4) is 0 Å². The van der Waals surface area contributed by atoms with Gasteiger partial charge in [0, 0.05) is 5.41 Å². The van der Waals surface area contributed by atoms with Gasteiger partial charge in [-0.1, -0.05) is 20.8 Å². The molecule has 0 saturated carbocycles. The van der Waals surface area contributed by atoms with Crippen molar-refractivity contribution in [3.05, 3.63) is 0 Å². The predicted octanol–water partition coefficient (Wildman–Crippen LogP) is 4.34. The van der Waals surface area contributed by atoms with Gasteiger partial charge in [-0.15, -0.1) is 0 Å². The van der Waals surface area contributed by atoms with E-state index in [9.17, 15) is 24.0 Å². The zero-order valence-corrected chi connectivity index (χ0v) is 28.2. The molecule has 0 unspecified atom stereocenters. The summed E-state index contributed by atoms with van der Waals surface area (Å²) in [6, 6.07) is 0. The molecule has 5 atom stereocenters. The van der Waals surface area contributed by atoms with E-state index >= 15 is 0 Å². The molecule has 1 N–H and O–H groups in total. The van der Waals surface area contributed by atoms with Crippen LogP contribution in [0.1, 0.15) is 104 Å². The van der Waals surface area contributed by atoms with E-state index in [0.29, 0.717) is 0 Å². The summed E-state index contributed by atoms with van der Waals surface area (Å²) < 4.78 is 29.5. The highest BCUT2D eigenvalue weighted by atomic mass is 16.7. The number of carbonyl (C=O) groups excluding carboxylic acids is 5. The molecule has 11 heteroatoms. The molecule has 1 heterocycles. The Kier molecular flexibility index (Phi) is 11.5. The van der Waals surface area contributed by atoms with Gasteiger partial charge in [0.1, 0.15) is 12.7 Å². The molecule has 42 heavy (non-hydrogen) atoms. The van der Waals surface area contributed by atoms with Crippen LogP contribution >= 0.6 is 0 Å². The fraction of sp³-hybridized carbons (Fsp3) is 0.839. The molecule has 0 radical (unpaired) electrons. The van der Waals surface area contributed by atoms with Gasteiger partial charge < -0.3 is 29.0 Å². The lowest BCUT2D eigenvalue weighted by molar-refractivity contribution is -0.264. The maximum Gasteiger partial charge on any atom is 0.311 e. The van der Waals surface area contributed by atoms with Gasteiger partial charge in [0.05, 0.1) is 21.7 Å². The summed E-state index contributed by atoms with van der Waals surface area (Å²) in [5, 5.41) is 2.75. The third-order valence-corrected chi connectivity index (χ3v) is 6.15. The molecular weight excluding hydrogens is 546 g/mol. The number of carbonyl (C=O) groups is 5. The van der Waals surface area contributed by atoms with E-state index in [1.807, 2.05) is 0 Å². The van der Waals surface area contributed by atoms with E-state index < -0.39 is 94.1 Å². The van der Waals surface area contributed by atoms with Crippen LogP contribution in [0.2, 0.25) is 0 Å². The lowest BCUT2D eigenvalue weighted by atomic mass is 9.91. The second kappa shape index (κ2) is 12.9. The highest BCUT2D eigenvalue weighted by Crippen LogP contribution is 2.34. The van der Waals surface area contributed by atoms with Gasteiger partial charge in [-0.05, 0) is 83.1 Å². The molecular formula is C31H53NO10. The van der Waals surface area contributed by atoms with Crippen molar-refractivity contribution in [2.24, 2.45) is 27.1 Å². The van der Waals surface area contributed by atoms with E-state index in [4.69, 9.17) is 23.7 Å². The molecule has 0 aromatic rings. The Hall–Kier alpha value is -2.69. The van der Waals surface area contributed by atoms with Crippen LogP contribution < -0.4 is 5.32 Å². The number of amides is 1. The number of rotatable bonds is 6. The Morgan fingerprint density at radius 1 is 0.524 bits per heavy atom. The maximum absolute atomic E-state index is 13.3. The second-order valence-electron chi connectivity index (χ2n) is 16.0. The summed E-state index contributed by atoms with van der Waals surface area (Å²) in [6.07, 6.45) is -6.75. The van der Waals surface area contributed by atoms with Crippen LogP contribution in [0.15, 0.2) is 0 Å². The van der Waals surface area contributed by atoms with Crippen LogP contribution in [0.3, 0.4) is 0 Å². The summed E-state index contributed by atoms with van der Waals surface area (Å²) in [5.41, 5.74) is -4.67. The van der Waals surface area contributed by atoms with Gasteiger partial charge in [0.2, 0.25) is 5.91 Å². The van der Waals surface area contributed by atoms with Gasteiger partial charge in [-0.25, -0.2) is 0 Å². The SMILES string of the molecule is CC(C)(C)C(=O)N[C@H]1O[C@@H](COC(=O)C(C)(C)C)[C@@H](OC(=O)C(C)(C)C)[C@@H](OC(=O)C(C)(C)C)[C@@H]1OC(=O)C(C)(C)C. The van der Waals surface area contributed by atoms with E-state index in [-0.39, 0.29) is 0 Å². The van der Waals surface area contributed by atoms with Crippen LogP contribution in [-0.4, -0.2) is 67.0 Å². The van der Waals surface area contributed by atoms with Crippen molar-refractivity contribution in [1.29, 1.82) is 0 Å². The van der Waals surface area contributed by atoms with Crippen molar-refractivity contribution in [1.82, 2.24) is 5.32 Å². The van der Waals surface area contributed by atoms with Crippen molar-refractivity contribution in [2.75, 3.05) is 6.61 Å². The molecule has 0 aromatic heterocycles. The van der Waals surface area contributed by atoms with Crippen LogP contribution in [0.25, 0.3) is 0 Å². The Morgan fingerprint density at radius 2 is 0.881 bits per heavy atom. The molecule has 1 aliphatic rings. The van der Waals surface area contributed by atoms with E-state index in [1.54, 1.807) is 104 Å². The molecule has 11 nitrogen and oxygen atoms in total. The summed E-state index contributed by atoms with van der Waals surface area (Å²) in [6.45, 7) is 24.5. The summed E-state index contributed by atoms with van der Waals surface area (Å²) in [5.74, 6) is -2.98. The van der Waals surface area contributed by atoms with Crippen LogP contribution in [0.4, 0.5) is 0 Å². The smallest absolute Gasteiger partial charge is 0.311 e. The molecule has 0 aliphatic carbocycles. The summed E-state index contributed by atoms with van der Waals surface area (Å²) >= 11 is 0. The fourth-order valence-electron chi connectivity index (χ4n) is 3.19. The minimum atomic E-state index is -1.42. The van der Waals surface area contributed by atoms with Crippen molar-refractivity contribution in [2.45, 2.75) is 134 Å². The minimum Gasteiger partial charge on any atom is -0.462 e. The van der Waals surface area contributed by atoms with Crippen LogP contribution in [-0.2, 0) is 47.7 Å². The molecule has 1 rings (SSSR count). The van der Waals surface area contributed by atoms with Crippen LogP contribution in [0.5, 0.6) is 0 Å². The Balaban J connectivity index is 3.82. The van der Waals surface area contributed by atoms with Crippen molar-refractivity contribution >= 4 is 29.8 Å². The first kappa shape index (κ1) is 37.3. The quantitative estimate of drug-likeness (QED) is 0.346. The van der Waals surface area contributed by atoms with Crippen molar-refractivity contribution in [3.63, 3.8) is 0 Å². The van der Waals surface area contributed by atoms with E-state index in [1.165, 1.54) is 0 Å². The molecule has 242 valence electrons. The third-order valence-electron chi connectivity index (χ3n) is 6.15. The molecule has 1 amide bonds. The van der Waals surface area contributed by atoms with E-state index in [0.717, 1.165) is 0 Å². The molecule has 1 aliphatic heterocycles. The monoisotopic (exact) mass is 599 g/mol. The normalized spacial score (nSPS) is 23.8. The van der Waals surface area contributed by atoms with Crippen molar-refractivity contribution < 1.29 is 47.7 Å². The largest absolute Gasteiger partial charge is 0.462 e. The molecule has 0 spiro atoms. The minimum absolute atomic E-state index is 0.399.